The summed E-state index contributed by atoms with van der Waals surface area (Å²) in [6.45, 7) is 1.88. The molecule has 2 N–H and O–H groups in total. The van der Waals surface area contributed by atoms with Crippen molar-refractivity contribution in [1.82, 2.24) is 4.72 Å². The SMILES string of the molecule is Cc1ccc(S(=O)(=O)N[C@H](CC(=O)Nc2ccc(Cl)c(Cl)c2)c2ccccc2)cc1. The lowest BCUT2D eigenvalue weighted by Crippen LogP contribution is -2.31. The Balaban J connectivity index is 1.81. The topological polar surface area (TPSA) is 75.3 Å². The number of aryl methyl sites for hydroxylation is 1. The minimum absolute atomic E-state index is 0.102. The van der Waals surface area contributed by atoms with Gasteiger partial charge in [-0.15, -0.1) is 0 Å². The van der Waals surface area contributed by atoms with Crippen LogP contribution < -0.4 is 10.0 Å². The number of rotatable bonds is 7. The number of nitrogens with one attached hydrogen (secondary N) is 2. The number of carbonyl (C=O) groups is 1. The van der Waals surface area contributed by atoms with Crippen LogP contribution in [-0.2, 0) is 14.8 Å². The number of sulfonamides is 1. The summed E-state index contributed by atoms with van der Waals surface area (Å²) in [6, 6.07) is 19.5. The van der Waals surface area contributed by atoms with E-state index in [0.717, 1.165) is 5.56 Å². The fourth-order valence-electron chi connectivity index (χ4n) is 2.86. The molecule has 8 heteroatoms. The van der Waals surface area contributed by atoms with Crippen LogP contribution in [-0.4, -0.2) is 14.3 Å². The van der Waals surface area contributed by atoms with E-state index in [1.54, 1.807) is 48.5 Å². The minimum Gasteiger partial charge on any atom is -0.326 e. The van der Waals surface area contributed by atoms with Crippen molar-refractivity contribution in [3.63, 3.8) is 0 Å². The molecular weight excluding hydrogens is 443 g/mol. The van der Waals surface area contributed by atoms with Gasteiger partial charge in [-0.2, -0.15) is 0 Å². The van der Waals surface area contributed by atoms with Crippen molar-refractivity contribution in [1.29, 1.82) is 0 Å². The van der Waals surface area contributed by atoms with Crippen LogP contribution in [0.3, 0.4) is 0 Å². The highest BCUT2D eigenvalue weighted by Gasteiger charge is 2.24. The lowest BCUT2D eigenvalue weighted by atomic mass is 10.0. The van der Waals surface area contributed by atoms with Gasteiger partial charge in [0, 0.05) is 12.1 Å². The van der Waals surface area contributed by atoms with Gasteiger partial charge in [0.05, 0.1) is 21.0 Å². The van der Waals surface area contributed by atoms with Crippen LogP contribution >= 0.6 is 23.2 Å². The van der Waals surface area contributed by atoms with Gasteiger partial charge >= 0.3 is 0 Å². The Hall–Kier alpha value is -2.38. The van der Waals surface area contributed by atoms with E-state index in [-0.39, 0.29) is 17.2 Å². The number of amides is 1. The number of hydrogen-bond acceptors (Lipinski definition) is 3. The van der Waals surface area contributed by atoms with Gasteiger partial charge in [-0.3, -0.25) is 4.79 Å². The van der Waals surface area contributed by atoms with Crippen LogP contribution in [0.4, 0.5) is 5.69 Å². The van der Waals surface area contributed by atoms with Crippen LogP contribution in [0, 0.1) is 6.92 Å². The molecule has 0 aromatic heterocycles. The molecule has 0 bridgehead atoms. The molecule has 0 radical (unpaired) electrons. The monoisotopic (exact) mass is 462 g/mol. The van der Waals surface area contributed by atoms with E-state index < -0.39 is 16.1 Å². The van der Waals surface area contributed by atoms with Crippen LogP contribution in [0.25, 0.3) is 0 Å². The highest BCUT2D eigenvalue weighted by molar-refractivity contribution is 7.89. The molecule has 0 unspecified atom stereocenters. The average molecular weight is 463 g/mol. The zero-order valence-electron chi connectivity index (χ0n) is 16.1. The first kappa shape index (κ1) is 22.3. The second kappa shape index (κ2) is 9.62. The predicted molar refractivity (Wildman–Crippen MR) is 120 cm³/mol. The highest BCUT2D eigenvalue weighted by Crippen LogP contribution is 2.26. The Morgan fingerprint density at radius 1 is 0.933 bits per heavy atom. The van der Waals surface area contributed by atoms with Crippen molar-refractivity contribution < 1.29 is 13.2 Å². The molecule has 3 aromatic rings. The normalized spacial score (nSPS) is 12.4. The van der Waals surface area contributed by atoms with Gasteiger partial charge in [0.25, 0.3) is 0 Å². The fourth-order valence-corrected chi connectivity index (χ4v) is 4.38. The molecule has 3 rings (SSSR count). The van der Waals surface area contributed by atoms with Crippen molar-refractivity contribution >= 4 is 44.8 Å². The van der Waals surface area contributed by atoms with Crippen molar-refractivity contribution in [2.75, 3.05) is 5.32 Å². The standard InChI is InChI=1S/C22H20Cl2N2O3S/c1-15-7-10-18(11-8-15)30(28,29)26-21(16-5-3-2-4-6-16)14-22(27)25-17-9-12-19(23)20(24)13-17/h2-13,21,26H,14H2,1H3,(H,25,27)/t21-/m1/s1. The molecule has 1 atom stereocenters. The highest BCUT2D eigenvalue weighted by atomic mass is 35.5. The van der Waals surface area contributed by atoms with Gasteiger partial charge in [-0.25, -0.2) is 13.1 Å². The van der Waals surface area contributed by atoms with E-state index in [0.29, 0.717) is 21.3 Å². The summed E-state index contributed by atoms with van der Waals surface area (Å²) in [4.78, 5) is 12.8. The average Bonchev–Trinajstić information content (AvgIpc) is 2.71. The largest absolute Gasteiger partial charge is 0.326 e. The molecule has 0 saturated heterocycles. The van der Waals surface area contributed by atoms with Crippen LogP contribution in [0.5, 0.6) is 0 Å². The van der Waals surface area contributed by atoms with Gasteiger partial charge in [-0.05, 0) is 42.8 Å². The van der Waals surface area contributed by atoms with Crippen LogP contribution in [0.1, 0.15) is 23.6 Å². The molecule has 156 valence electrons. The van der Waals surface area contributed by atoms with E-state index in [1.165, 1.54) is 18.2 Å². The van der Waals surface area contributed by atoms with Crippen molar-refractivity contribution in [3.8, 4) is 0 Å². The third kappa shape index (κ3) is 5.83. The molecule has 0 aliphatic carbocycles. The number of halogens is 2. The molecule has 0 saturated carbocycles. The first-order valence-electron chi connectivity index (χ1n) is 9.13. The maximum Gasteiger partial charge on any atom is 0.241 e. The smallest absolute Gasteiger partial charge is 0.241 e. The Morgan fingerprint density at radius 3 is 2.23 bits per heavy atom. The molecule has 0 aliphatic rings. The zero-order valence-corrected chi connectivity index (χ0v) is 18.4. The molecule has 30 heavy (non-hydrogen) atoms. The third-order valence-corrected chi connectivity index (χ3v) is 6.65. The van der Waals surface area contributed by atoms with Crippen molar-refractivity contribution in [3.05, 3.63) is 94.0 Å². The molecular formula is C22H20Cl2N2O3S. The Kier molecular flexibility index (Phi) is 7.15. The summed E-state index contributed by atoms with van der Waals surface area (Å²) in [6.07, 6.45) is -0.102. The van der Waals surface area contributed by atoms with Crippen molar-refractivity contribution in [2.24, 2.45) is 0 Å². The summed E-state index contributed by atoms with van der Waals surface area (Å²) in [7, 11) is -3.82. The molecule has 0 spiro atoms. The molecule has 5 nitrogen and oxygen atoms in total. The van der Waals surface area contributed by atoms with Gasteiger partial charge in [0.2, 0.25) is 15.9 Å². The second-order valence-electron chi connectivity index (χ2n) is 6.78. The van der Waals surface area contributed by atoms with E-state index in [4.69, 9.17) is 23.2 Å². The molecule has 1 amide bonds. The third-order valence-electron chi connectivity index (χ3n) is 4.42. The Bertz CT molecular complexity index is 1130. The fraction of sp³-hybridized carbons (Fsp3) is 0.136. The van der Waals surface area contributed by atoms with Gasteiger partial charge in [0.1, 0.15) is 0 Å². The van der Waals surface area contributed by atoms with E-state index in [9.17, 15) is 13.2 Å². The first-order valence-corrected chi connectivity index (χ1v) is 11.4. The summed E-state index contributed by atoms with van der Waals surface area (Å²) >= 11 is 11.9. The number of carbonyl (C=O) groups excluding carboxylic acids is 1. The quantitative estimate of drug-likeness (QED) is 0.496. The summed E-state index contributed by atoms with van der Waals surface area (Å²) in [5, 5.41) is 3.42. The lowest BCUT2D eigenvalue weighted by molar-refractivity contribution is -0.116. The predicted octanol–water partition coefficient (Wildman–Crippen LogP) is 5.35. The Morgan fingerprint density at radius 2 is 1.60 bits per heavy atom. The molecule has 0 aliphatic heterocycles. The van der Waals surface area contributed by atoms with Gasteiger partial charge in [-0.1, -0.05) is 71.2 Å². The second-order valence-corrected chi connectivity index (χ2v) is 9.31. The first-order chi connectivity index (χ1) is 14.2. The maximum atomic E-state index is 12.9. The minimum atomic E-state index is -3.82. The van der Waals surface area contributed by atoms with Crippen LogP contribution in [0.2, 0.25) is 10.0 Å². The lowest BCUT2D eigenvalue weighted by Gasteiger charge is -2.19. The summed E-state index contributed by atoms with van der Waals surface area (Å²) in [5.41, 5.74) is 2.11. The Labute approximate surface area is 186 Å². The number of benzene rings is 3. The molecule has 0 fully saturated rings. The maximum absolute atomic E-state index is 12.9. The molecule has 3 aromatic carbocycles. The summed E-state index contributed by atoms with van der Waals surface area (Å²) < 4.78 is 28.4. The molecule has 0 heterocycles. The van der Waals surface area contributed by atoms with E-state index >= 15 is 0 Å². The van der Waals surface area contributed by atoms with Crippen LogP contribution in [0.15, 0.2) is 77.7 Å². The number of anilines is 1. The van der Waals surface area contributed by atoms with Gasteiger partial charge < -0.3 is 5.32 Å². The number of hydrogen-bond donors (Lipinski definition) is 2. The van der Waals surface area contributed by atoms with E-state index in [1.807, 2.05) is 13.0 Å². The van der Waals surface area contributed by atoms with E-state index in [2.05, 4.69) is 10.0 Å². The van der Waals surface area contributed by atoms with Crippen molar-refractivity contribution in [2.45, 2.75) is 24.3 Å². The summed E-state index contributed by atoms with van der Waals surface area (Å²) in [5.74, 6) is -0.367. The zero-order chi connectivity index (χ0) is 21.7. The van der Waals surface area contributed by atoms with Gasteiger partial charge in [0.15, 0.2) is 0 Å².